The minimum absolute atomic E-state index is 0.798. The zero-order chi connectivity index (χ0) is 18.3. The molecule has 0 spiro atoms. The predicted octanol–water partition coefficient (Wildman–Crippen LogP) is 5.31. The average molecular weight is 367 g/mol. The van der Waals surface area contributed by atoms with Crippen molar-refractivity contribution in [3.8, 4) is 5.75 Å². The van der Waals surface area contributed by atoms with Gasteiger partial charge in [-0.15, -0.1) is 0 Å². The molecular formula is C22H23ClN2O. The van der Waals surface area contributed by atoms with Gasteiger partial charge in [-0.3, -0.25) is 0 Å². The molecule has 2 heterocycles. The number of hydrogen-bond acceptors (Lipinski definition) is 2. The number of aromatic nitrogens is 1. The Hall–Kier alpha value is -2.23. The van der Waals surface area contributed by atoms with Gasteiger partial charge in [-0.2, -0.15) is 0 Å². The summed E-state index contributed by atoms with van der Waals surface area (Å²) in [5, 5.41) is 2.08. The van der Waals surface area contributed by atoms with E-state index in [-0.39, 0.29) is 0 Å². The first kappa shape index (κ1) is 17.2. The lowest BCUT2D eigenvalue weighted by atomic mass is 10.0. The molecule has 2 aromatic carbocycles. The minimum atomic E-state index is 0.798. The SMILES string of the molecule is COc1ccc(/C(C)=C/n2c3c(c4cc(Cl)ccc42)CCN(C)C3)cc1. The van der Waals surface area contributed by atoms with Crippen LogP contribution in [0.25, 0.3) is 22.7 Å². The van der Waals surface area contributed by atoms with E-state index < -0.39 is 0 Å². The van der Waals surface area contributed by atoms with Crippen LogP contribution in [0.2, 0.25) is 5.02 Å². The molecule has 4 rings (SSSR count). The number of benzene rings is 2. The van der Waals surface area contributed by atoms with Crippen LogP contribution in [0.15, 0.2) is 42.5 Å². The maximum atomic E-state index is 6.28. The van der Waals surface area contributed by atoms with E-state index >= 15 is 0 Å². The second-order valence-corrected chi connectivity index (χ2v) is 7.42. The van der Waals surface area contributed by atoms with Crippen LogP contribution in [0.4, 0.5) is 0 Å². The maximum absolute atomic E-state index is 6.28. The highest BCUT2D eigenvalue weighted by Gasteiger charge is 2.22. The van der Waals surface area contributed by atoms with Gasteiger partial charge in [-0.05, 0) is 67.4 Å². The van der Waals surface area contributed by atoms with Crippen LogP contribution in [0.1, 0.15) is 23.7 Å². The smallest absolute Gasteiger partial charge is 0.118 e. The van der Waals surface area contributed by atoms with Gasteiger partial charge in [-0.1, -0.05) is 23.7 Å². The summed E-state index contributed by atoms with van der Waals surface area (Å²) in [6.07, 6.45) is 3.31. The molecule has 0 amide bonds. The Morgan fingerprint density at radius 1 is 1.15 bits per heavy atom. The molecule has 0 N–H and O–H groups in total. The molecule has 0 aliphatic carbocycles. The third-order valence-electron chi connectivity index (χ3n) is 5.21. The van der Waals surface area contributed by atoms with Gasteiger partial charge in [-0.25, -0.2) is 0 Å². The lowest BCUT2D eigenvalue weighted by Crippen LogP contribution is -2.27. The normalized spacial score (nSPS) is 15.3. The van der Waals surface area contributed by atoms with Crippen LogP contribution in [0, 0.1) is 0 Å². The lowest BCUT2D eigenvalue weighted by Gasteiger charge is -2.24. The monoisotopic (exact) mass is 366 g/mol. The molecule has 0 bridgehead atoms. The van der Waals surface area contributed by atoms with Gasteiger partial charge >= 0.3 is 0 Å². The highest BCUT2D eigenvalue weighted by atomic mass is 35.5. The number of rotatable bonds is 3. The van der Waals surface area contributed by atoms with Crippen molar-refractivity contribution < 1.29 is 4.74 Å². The summed E-state index contributed by atoms with van der Waals surface area (Å²) in [4.78, 5) is 2.37. The Balaban J connectivity index is 1.86. The molecule has 3 nitrogen and oxygen atoms in total. The fraction of sp³-hybridized carbons (Fsp3) is 0.273. The van der Waals surface area contributed by atoms with Crippen molar-refractivity contribution in [2.24, 2.45) is 0 Å². The highest BCUT2D eigenvalue weighted by molar-refractivity contribution is 6.31. The first-order valence-electron chi connectivity index (χ1n) is 8.89. The molecule has 134 valence electrons. The Morgan fingerprint density at radius 2 is 1.92 bits per heavy atom. The van der Waals surface area contributed by atoms with Crippen molar-refractivity contribution in [3.63, 3.8) is 0 Å². The van der Waals surface area contributed by atoms with E-state index in [0.29, 0.717) is 0 Å². The largest absolute Gasteiger partial charge is 0.497 e. The molecule has 1 aromatic heterocycles. The standard InChI is InChI=1S/C22H23ClN2O/c1-15(16-4-7-18(26-3)8-5-16)13-25-21-9-6-17(23)12-20(21)19-10-11-24(2)14-22(19)25/h4-9,12-13H,10-11,14H2,1-3H3/b15-13+. The molecular weight excluding hydrogens is 344 g/mol. The molecule has 3 aromatic rings. The van der Waals surface area contributed by atoms with Crippen molar-refractivity contribution in [2.75, 3.05) is 20.7 Å². The first-order chi connectivity index (χ1) is 12.6. The second kappa shape index (κ2) is 6.82. The van der Waals surface area contributed by atoms with Crippen LogP contribution in [0.3, 0.4) is 0 Å². The van der Waals surface area contributed by atoms with E-state index in [1.807, 2.05) is 18.2 Å². The van der Waals surface area contributed by atoms with E-state index in [1.165, 1.54) is 33.3 Å². The molecule has 0 saturated carbocycles. The van der Waals surface area contributed by atoms with Gasteiger partial charge in [0.2, 0.25) is 0 Å². The van der Waals surface area contributed by atoms with Crippen LogP contribution in [-0.4, -0.2) is 30.2 Å². The number of allylic oxidation sites excluding steroid dienone is 1. The number of nitrogens with zero attached hydrogens (tertiary/aromatic N) is 2. The number of likely N-dealkylation sites (N-methyl/N-ethyl adjacent to an activating group) is 1. The predicted molar refractivity (Wildman–Crippen MR) is 110 cm³/mol. The van der Waals surface area contributed by atoms with E-state index in [1.54, 1.807) is 7.11 Å². The Morgan fingerprint density at radius 3 is 2.65 bits per heavy atom. The van der Waals surface area contributed by atoms with Crippen molar-refractivity contribution in [1.29, 1.82) is 0 Å². The zero-order valence-electron chi connectivity index (χ0n) is 15.4. The van der Waals surface area contributed by atoms with Gasteiger partial charge in [0, 0.05) is 35.4 Å². The second-order valence-electron chi connectivity index (χ2n) is 6.99. The molecule has 1 aliphatic rings. The molecule has 1 aliphatic heterocycles. The fourth-order valence-corrected chi connectivity index (χ4v) is 3.94. The van der Waals surface area contributed by atoms with Gasteiger partial charge in [0.15, 0.2) is 0 Å². The van der Waals surface area contributed by atoms with Crippen molar-refractivity contribution in [3.05, 3.63) is 64.3 Å². The van der Waals surface area contributed by atoms with Gasteiger partial charge in [0.05, 0.1) is 12.6 Å². The molecule has 0 fully saturated rings. The number of ether oxygens (including phenoxy) is 1. The molecule has 26 heavy (non-hydrogen) atoms. The van der Waals surface area contributed by atoms with Crippen LogP contribution >= 0.6 is 11.6 Å². The Bertz CT molecular complexity index is 986. The maximum Gasteiger partial charge on any atom is 0.118 e. The summed E-state index contributed by atoms with van der Waals surface area (Å²) in [6, 6.07) is 14.4. The Labute approximate surface area is 159 Å². The van der Waals surface area contributed by atoms with Gasteiger partial charge in [0.1, 0.15) is 5.75 Å². The highest BCUT2D eigenvalue weighted by Crippen LogP contribution is 2.33. The van der Waals surface area contributed by atoms with Crippen molar-refractivity contribution >= 4 is 34.3 Å². The summed E-state index contributed by atoms with van der Waals surface area (Å²) in [5.74, 6) is 0.876. The van der Waals surface area contributed by atoms with Gasteiger partial charge < -0.3 is 14.2 Å². The summed E-state index contributed by atoms with van der Waals surface area (Å²) in [5.41, 5.74) is 6.43. The summed E-state index contributed by atoms with van der Waals surface area (Å²) >= 11 is 6.28. The Kier molecular flexibility index (Phi) is 4.51. The van der Waals surface area contributed by atoms with Crippen molar-refractivity contribution in [2.45, 2.75) is 19.9 Å². The van der Waals surface area contributed by atoms with E-state index in [4.69, 9.17) is 16.3 Å². The molecule has 0 unspecified atom stereocenters. The molecule has 0 atom stereocenters. The van der Waals surface area contributed by atoms with E-state index in [2.05, 4.69) is 53.9 Å². The number of hydrogen-bond donors (Lipinski definition) is 0. The fourth-order valence-electron chi connectivity index (χ4n) is 3.76. The summed E-state index contributed by atoms with van der Waals surface area (Å²) in [6.45, 7) is 4.19. The topological polar surface area (TPSA) is 17.4 Å². The summed E-state index contributed by atoms with van der Waals surface area (Å²) in [7, 11) is 3.87. The average Bonchev–Trinajstić information content (AvgIpc) is 2.94. The first-order valence-corrected chi connectivity index (χ1v) is 9.27. The lowest BCUT2D eigenvalue weighted by molar-refractivity contribution is 0.308. The molecule has 4 heteroatoms. The van der Waals surface area contributed by atoms with Gasteiger partial charge in [0.25, 0.3) is 0 Å². The van der Waals surface area contributed by atoms with Crippen LogP contribution in [0.5, 0.6) is 5.75 Å². The number of methoxy groups -OCH3 is 1. The third-order valence-corrected chi connectivity index (χ3v) is 5.45. The molecule has 0 saturated heterocycles. The van der Waals surface area contributed by atoms with E-state index in [0.717, 1.165) is 30.3 Å². The van der Waals surface area contributed by atoms with Crippen molar-refractivity contribution in [1.82, 2.24) is 9.47 Å². The molecule has 0 radical (unpaired) electrons. The van der Waals surface area contributed by atoms with Crippen LogP contribution in [-0.2, 0) is 13.0 Å². The minimum Gasteiger partial charge on any atom is -0.497 e. The summed E-state index contributed by atoms with van der Waals surface area (Å²) < 4.78 is 7.61. The van der Waals surface area contributed by atoms with Crippen LogP contribution < -0.4 is 4.74 Å². The third kappa shape index (κ3) is 3.02. The quantitative estimate of drug-likeness (QED) is 0.625. The zero-order valence-corrected chi connectivity index (χ0v) is 16.2. The number of halogens is 1. The van der Waals surface area contributed by atoms with E-state index in [9.17, 15) is 0 Å². The number of fused-ring (bicyclic) bond motifs is 3.